The molecule has 0 radical (unpaired) electrons. The minimum absolute atomic E-state index is 0.00372. The number of pyridine rings is 1. The van der Waals surface area contributed by atoms with E-state index in [1.54, 1.807) is 34.3 Å². The SMILES string of the molecule is Cc1ccc(-n2c(SCC(=O)N3CCN(C(=O)c4ccco4)CC3)nnc2-c2ccncc2)cc1. The Morgan fingerprint density at radius 3 is 2.34 bits per heavy atom. The summed E-state index contributed by atoms with van der Waals surface area (Å²) in [6, 6.07) is 15.2. The standard InChI is InChI=1S/C25H24N6O3S/c1-18-4-6-20(7-5-18)31-23(19-8-10-26-11-9-19)27-28-25(31)35-17-22(32)29-12-14-30(15-13-29)24(33)21-3-2-16-34-21/h2-11,16H,12-15,17H2,1H3. The molecule has 10 heteroatoms. The molecule has 1 fully saturated rings. The molecule has 4 heterocycles. The van der Waals surface area contributed by atoms with Gasteiger partial charge in [0.25, 0.3) is 5.91 Å². The van der Waals surface area contributed by atoms with E-state index >= 15 is 0 Å². The first-order valence-corrected chi connectivity index (χ1v) is 12.2. The number of rotatable bonds is 6. The van der Waals surface area contributed by atoms with Crippen molar-refractivity contribution >= 4 is 23.6 Å². The molecule has 3 aromatic heterocycles. The number of aryl methyl sites for hydroxylation is 1. The van der Waals surface area contributed by atoms with E-state index in [-0.39, 0.29) is 17.6 Å². The van der Waals surface area contributed by atoms with Gasteiger partial charge in [-0.25, -0.2) is 0 Å². The van der Waals surface area contributed by atoms with Gasteiger partial charge in [-0.3, -0.25) is 19.1 Å². The van der Waals surface area contributed by atoms with Crippen LogP contribution in [0.25, 0.3) is 17.1 Å². The van der Waals surface area contributed by atoms with Gasteiger partial charge in [0.1, 0.15) is 0 Å². The van der Waals surface area contributed by atoms with Crippen molar-refractivity contribution < 1.29 is 14.0 Å². The summed E-state index contributed by atoms with van der Waals surface area (Å²) in [7, 11) is 0. The zero-order valence-corrected chi connectivity index (χ0v) is 20.0. The lowest BCUT2D eigenvalue weighted by Gasteiger charge is -2.34. The molecule has 0 atom stereocenters. The fourth-order valence-corrected chi connectivity index (χ4v) is 4.77. The summed E-state index contributed by atoms with van der Waals surface area (Å²) in [5.74, 6) is 1.10. The Hall–Kier alpha value is -3.92. The molecule has 1 saturated heterocycles. The Kier molecular flexibility index (Phi) is 6.62. The first-order valence-electron chi connectivity index (χ1n) is 11.3. The maximum atomic E-state index is 13.0. The van der Waals surface area contributed by atoms with Crippen molar-refractivity contribution in [3.05, 3.63) is 78.5 Å². The van der Waals surface area contributed by atoms with Crippen LogP contribution >= 0.6 is 11.8 Å². The van der Waals surface area contributed by atoms with Crippen LogP contribution in [-0.2, 0) is 4.79 Å². The van der Waals surface area contributed by atoms with Gasteiger partial charge in [0.2, 0.25) is 5.91 Å². The molecule has 0 spiro atoms. The summed E-state index contributed by atoms with van der Waals surface area (Å²) in [5, 5.41) is 9.45. The first-order chi connectivity index (χ1) is 17.1. The van der Waals surface area contributed by atoms with Crippen molar-refractivity contribution in [2.24, 2.45) is 0 Å². The Balaban J connectivity index is 1.27. The van der Waals surface area contributed by atoms with Crippen molar-refractivity contribution in [1.29, 1.82) is 0 Å². The number of hydrogen-bond acceptors (Lipinski definition) is 7. The largest absolute Gasteiger partial charge is 0.459 e. The number of carbonyl (C=O) groups excluding carboxylic acids is 2. The van der Waals surface area contributed by atoms with E-state index in [4.69, 9.17) is 4.42 Å². The van der Waals surface area contributed by atoms with Gasteiger partial charge in [-0.05, 0) is 43.3 Å². The monoisotopic (exact) mass is 488 g/mol. The van der Waals surface area contributed by atoms with Crippen LogP contribution in [0.5, 0.6) is 0 Å². The van der Waals surface area contributed by atoms with Gasteiger partial charge in [0.15, 0.2) is 16.7 Å². The number of benzene rings is 1. The molecule has 178 valence electrons. The number of nitrogens with zero attached hydrogens (tertiary/aromatic N) is 6. The van der Waals surface area contributed by atoms with Gasteiger partial charge in [0.05, 0.1) is 12.0 Å². The molecule has 0 unspecified atom stereocenters. The summed E-state index contributed by atoms with van der Waals surface area (Å²) >= 11 is 1.36. The van der Waals surface area contributed by atoms with Crippen LogP contribution in [-0.4, -0.2) is 73.3 Å². The van der Waals surface area contributed by atoms with Crippen LogP contribution < -0.4 is 0 Å². The highest BCUT2D eigenvalue weighted by Gasteiger charge is 2.26. The fourth-order valence-electron chi connectivity index (χ4n) is 3.91. The zero-order valence-electron chi connectivity index (χ0n) is 19.2. The molecule has 5 rings (SSSR count). The molecule has 1 aliphatic heterocycles. The van der Waals surface area contributed by atoms with E-state index in [1.165, 1.54) is 18.0 Å². The van der Waals surface area contributed by atoms with Gasteiger partial charge in [-0.2, -0.15) is 0 Å². The Bertz CT molecular complexity index is 1300. The quantitative estimate of drug-likeness (QED) is 0.384. The third kappa shape index (κ3) is 4.97. The smallest absolute Gasteiger partial charge is 0.289 e. The molecular weight excluding hydrogens is 464 g/mol. The van der Waals surface area contributed by atoms with Gasteiger partial charge in [0, 0.05) is 49.8 Å². The van der Waals surface area contributed by atoms with Crippen molar-refractivity contribution in [3.63, 3.8) is 0 Å². The van der Waals surface area contributed by atoms with E-state index < -0.39 is 0 Å². The normalized spacial score (nSPS) is 13.7. The zero-order chi connectivity index (χ0) is 24.2. The number of carbonyl (C=O) groups is 2. The Morgan fingerprint density at radius 1 is 0.943 bits per heavy atom. The maximum Gasteiger partial charge on any atom is 0.289 e. The van der Waals surface area contributed by atoms with E-state index in [9.17, 15) is 9.59 Å². The number of aromatic nitrogens is 4. The molecule has 2 amide bonds. The molecular formula is C25H24N6O3S. The average Bonchev–Trinajstić information content (AvgIpc) is 3.59. The molecule has 1 aliphatic rings. The number of piperazine rings is 1. The van der Waals surface area contributed by atoms with Gasteiger partial charge in [-0.15, -0.1) is 10.2 Å². The van der Waals surface area contributed by atoms with Crippen LogP contribution in [0.2, 0.25) is 0 Å². The molecule has 4 aromatic rings. The van der Waals surface area contributed by atoms with E-state index in [1.807, 2.05) is 47.9 Å². The van der Waals surface area contributed by atoms with Crippen LogP contribution in [0.3, 0.4) is 0 Å². The van der Waals surface area contributed by atoms with Crippen molar-refractivity contribution in [3.8, 4) is 17.1 Å². The second-order valence-corrected chi connectivity index (χ2v) is 9.09. The highest BCUT2D eigenvalue weighted by atomic mass is 32.2. The highest BCUT2D eigenvalue weighted by molar-refractivity contribution is 7.99. The Morgan fingerprint density at radius 2 is 1.66 bits per heavy atom. The molecule has 0 N–H and O–H groups in total. The van der Waals surface area contributed by atoms with Crippen molar-refractivity contribution in [2.75, 3.05) is 31.9 Å². The summed E-state index contributed by atoms with van der Waals surface area (Å²) in [5.41, 5.74) is 2.97. The summed E-state index contributed by atoms with van der Waals surface area (Å²) in [6.45, 7) is 3.96. The lowest BCUT2D eigenvalue weighted by molar-refractivity contribution is -0.129. The predicted molar refractivity (Wildman–Crippen MR) is 131 cm³/mol. The summed E-state index contributed by atoms with van der Waals surface area (Å²) in [6.07, 6.45) is 4.92. The number of amides is 2. The minimum atomic E-state index is -0.147. The second kappa shape index (κ2) is 10.1. The number of hydrogen-bond donors (Lipinski definition) is 0. The Labute approximate surface area is 206 Å². The van der Waals surface area contributed by atoms with Crippen molar-refractivity contribution in [1.82, 2.24) is 29.5 Å². The molecule has 1 aromatic carbocycles. The predicted octanol–water partition coefficient (Wildman–Crippen LogP) is 3.31. The molecule has 0 aliphatic carbocycles. The molecule has 0 bridgehead atoms. The summed E-state index contributed by atoms with van der Waals surface area (Å²) in [4.78, 5) is 33.0. The second-order valence-electron chi connectivity index (χ2n) is 8.15. The van der Waals surface area contributed by atoms with E-state index in [0.717, 1.165) is 16.8 Å². The van der Waals surface area contributed by atoms with Crippen molar-refractivity contribution in [2.45, 2.75) is 12.1 Å². The third-order valence-corrected chi connectivity index (χ3v) is 6.75. The maximum absolute atomic E-state index is 13.0. The van der Waals surface area contributed by atoms with Crippen LogP contribution in [0.1, 0.15) is 16.1 Å². The van der Waals surface area contributed by atoms with Crippen LogP contribution in [0.15, 0.2) is 76.8 Å². The van der Waals surface area contributed by atoms with E-state index in [0.29, 0.717) is 42.9 Å². The fraction of sp³-hybridized carbons (Fsp3) is 0.240. The third-order valence-electron chi connectivity index (χ3n) is 5.84. The lowest BCUT2D eigenvalue weighted by Crippen LogP contribution is -2.51. The molecule has 0 saturated carbocycles. The van der Waals surface area contributed by atoms with Crippen LogP contribution in [0.4, 0.5) is 0 Å². The number of thioether (sulfide) groups is 1. The van der Waals surface area contributed by atoms with Gasteiger partial charge in [-0.1, -0.05) is 29.5 Å². The van der Waals surface area contributed by atoms with Gasteiger partial charge < -0.3 is 14.2 Å². The molecule has 9 nitrogen and oxygen atoms in total. The lowest BCUT2D eigenvalue weighted by atomic mass is 10.2. The first kappa shape index (κ1) is 22.9. The van der Waals surface area contributed by atoms with E-state index in [2.05, 4.69) is 15.2 Å². The van der Waals surface area contributed by atoms with Crippen LogP contribution in [0, 0.1) is 6.92 Å². The highest BCUT2D eigenvalue weighted by Crippen LogP contribution is 2.28. The number of furan rings is 1. The molecule has 35 heavy (non-hydrogen) atoms. The minimum Gasteiger partial charge on any atom is -0.459 e. The average molecular weight is 489 g/mol. The van der Waals surface area contributed by atoms with Gasteiger partial charge >= 0.3 is 0 Å². The summed E-state index contributed by atoms with van der Waals surface area (Å²) < 4.78 is 7.17. The topological polar surface area (TPSA) is 97.4 Å².